The average molecular weight is 278 g/mol. The maximum Gasteiger partial charge on any atom is 0.134 e. The van der Waals surface area contributed by atoms with Crippen LogP contribution >= 0.6 is 0 Å². The van der Waals surface area contributed by atoms with Crippen molar-refractivity contribution in [2.75, 3.05) is 30.3 Å². The molecule has 1 aliphatic rings. The molecule has 112 valence electrons. The third-order valence-corrected chi connectivity index (χ3v) is 4.07. The van der Waals surface area contributed by atoms with E-state index in [-0.39, 0.29) is 6.61 Å². The second-order valence-corrected chi connectivity index (χ2v) is 5.66. The summed E-state index contributed by atoms with van der Waals surface area (Å²) in [6, 6.07) is 0. The number of aromatic nitrogens is 2. The van der Waals surface area contributed by atoms with Crippen molar-refractivity contribution in [3.8, 4) is 0 Å². The fourth-order valence-corrected chi connectivity index (χ4v) is 2.50. The largest absolute Gasteiger partial charge is 0.396 e. The number of nitrogens with zero attached hydrogens (tertiary/aromatic N) is 2. The summed E-state index contributed by atoms with van der Waals surface area (Å²) in [5.74, 6) is 1.88. The van der Waals surface area contributed by atoms with Gasteiger partial charge in [-0.3, -0.25) is 0 Å². The number of anilines is 2. The van der Waals surface area contributed by atoms with Crippen LogP contribution in [0.2, 0.25) is 0 Å². The zero-order valence-electron chi connectivity index (χ0n) is 12.6. The van der Waals surface area contributed by atoms with E-state index in [1.807, 2.05) is 0 Å². The number of rotatable bonds is 9. The number of hydrogen-bond donors (Lipinski definition) is 3. The highest BCUT2D eigenvalue weighted by Crippen LogP contribution is 2.48. The van der Waals surface area contributed by atoms with Crippen molar-refractivity contribution in [1.82, 2.24) is 9.97 Å². The first kappa shape index (κ1) is 15.0. The predicted octanol–water partition coefficient (Wildman–Crippen LogP) is 2.44. The molecule has 0 bridgehead atoms. The van der Waals surface area contributed by atoms with Gasteiger partial charge in [0.25, 0.3) is 0 Å². The Morgan fingerprint density at radius 2 is 1.90 bits per heavy atom. The van der Waals surface area contributed by atoms with Crippen LogP contribution in [0.3, 0.4) is 0 Å². The molecule has 20 heavy (non-hydrogen) atoms. The van der Waals surface area contributed by atoms with E-state index < -0.39 is 0 Å². The van der Waals surface area contributed by atoms with Gasteiger partial charge in [0.2, 0.25) is 0 Å². The molecule has 5 heteroatoms. The van der Waals surface area contributed by atoms with Gasteiger partial charge in [0.1, 0.15) is 18.0 Å². The topological polar surface area (TPSA) is 70.1 Å². The summed E-state index contributed by atoms with van der Waals surface area (Å²) in [6.07, 6.45) is 6.89. The summed E-state index contributed by atoms with van der Waals surface area (Å²) in [4.78, 5) is 8.73. The predicted molar refractivity (Wildman–Crippen MR) is 82.1 cm³/mol. The second kappa shape index (κ2) is 6.88. The molecule has 0 saturated heterocycles. The molecule has 0 spiro atoms. The van der Waals surface area contributed by atoms with Gasteiger partial charge in [-0.2, -0.15) is 0 Å². The Morgan fingerprint density at radius 3 is 2.45 bits per heavy atom. The van der Waals surface area contributed by atoms with Gasteiger partial charge in [-0.1, -0.05) is 13.8 Å². The first-order valence-electron chi connectivity index (χ1n) is 7.67. The SMILES string of the molecule is CCCNc1ncnc(NCC2(CCO)CC2)c1CC. The molecule has 2 rings (SSSR count). The number of aliphatic hydroxyl groups is 1. The van der Waals surface area contributed by atoms with Crippen LogP contribution in [0.15, 0.2) is 6.33 Å². The number of aliphatic hydroxyl groups excluding tert-OH is 1. The third kappa shape index (κ3) is 3.60. The maximum atomic E-state index is 9.12. The molecule has 1 aromatic rings. The molecule has 0 atom stereocenters. The maximum absolute atomic E-state index is 9.12. The highest BCUT2D eigenvalue weighted by Gasteiger charge is 2.41. The first-order chi connectivity index (χ1) is 9.74. The van der Waals surface area contributed by atoms with Crippen molar-refractivity contribution < 1.29 is 5.11 Å². The van der Waals surface area contributed by atoms with Crippen molar-refractivity contribution in [2.45, 2.75) is 46.0 Å². The van der Waals surface area contributed by atoms with E-state index in [1.54, 1.807) is 6.33 Å². The highest BCUT2D eigenvalue weighted by atomic mass is 16.3. The normalized spacial score (nSPS) is 15.9. The van der Waals surface area contributed by atoms with Gasteiger partial charge in [-0.05, 0) is 37.5 Å². The Hall–Kier alpha value is -1.36. The monoisotopic (exact) mass is 278 g/mol. The molecule has 0 unspecified atom stereocenters. The van der Waals surface area contributed by atoms with Gasteiger partial charge < -0.3 is 15.7 Å². The number of nitrogens with one attached hydrogen (secondary N) is 2. The van der Waals surface area contributed by atoms with Crippen LogP contribution in [-0.2, 0) is 6.42 Å². The van der Waals surface area contributed by atoms with Crippen LogP contribution in [0.4, 0.5) is 11.6 Å². The highest BCUT2D eigenvalue weighted by molar-refractivity contribution is 5.57. The lowest BCUT2D eigenvalue weighted by atomic mass is 10.0. The molecule has 5 nitrogen and oxygen atoms in total. The van der Waals surface area contributed by atoms with E-state index in [0.717, 1.165) is 49.6 Å². The summed E-state index contributed by atoms with van der Waals surface area (Å²) in [5, 5.41) is 15.9. The smallest absolute Gasteiger partial charge is 0.134 e. The Bertz CT molecular complexity index is 432. The van der Waals surface area contributed by atoms with E-state index in [1.165, 1.54) is 12.8 Å². The summed E-state index contributed by atoms with van der Waals surface area (Å²) < 4.78 is 0. The van der Waals surface area contributed by atoms with Gasteiger partial charge >= 0.3 is 0 Å². The first-order valence-corrected chi connectivity index (χ1v) is 7.67. The summed E-state index contributed by atoms with van der Waals surface area (Å²) in [7, 11) is 0. The molecule has 0 amide bonds. The Labute approximate surface area is 121 Å². The molecule has 0 radical (unpaired) electrons. The lowest BCUT2D eigenvalue weighted by Crippen LogP contribution is -2.19. The molecular weight excluding hydrogens is 252 g/mol. The van der Waals surface area contributed by atoms with Crippen molar-refractivity contribution in [3.05, 3.63) is 11.9 Å². The minimum atomic E-state index is 0.273. The Morgan fingerprint density at radius 1 is 1.20 bits per heavy atom. The lowest BCUT2D eigenvalue weighted by molar-refractivity contribution is 0.253. The van der Waals surface area contributed by atoms with E-state index in [2.05, 4.69) is 34.4 Å². The molecule has 0 aromatic carbocycles. The molecule has 3 N–H and O–H groups in total. The van der Waals surface area contributed by atoms with Crippen molar-refractivity contribution >= 4 is 11.6 Å². The molecule has 1 heterocycles. The van der Waals surface area contributed by atoms with Gasteiger partial charge in [-0.15, -0.1) is 0 Å². The van der Waals surface area contributed by atoms with Gasteiger partial charge in [-0.25, -0.2) is 9.97 Å². The van der Waals surface area contributed by atoms with Crippen LogP contribution in [0.5, 0.6) is 0 Å². The zero-order valence-corrected chi connectivity index (χ0v) is 12.6. The van der Waals surface area contributed by atoms with E-state index in [4.69, 9.17) is 5.11 Å². The fourth-order valence-electron chi connectivity index (χ4n) is 2.50. The Kier molecular flexibility index (Phi) is 5.17. The lowest BCUT2D eigenvalue weighted by Gasteiger charge is -2.18. The summed E-state index contributed by atoms with van der Waals surface area (Å²) >= 11 is 0. The van der Waals surface area contributed by atoms with Crippen LogP contribution in [-0.4, -0.2) is 34.8 Å². The Balaban J connectivity index is 2.03. The van der Waals surface area contributed by atoms with Crippen LogP contribution in [0.1, 0.15) is 45.1 Å². The third-order valence-electron chi connectivity index (χ3n) is 4.07. The average Bonchev–Trinajstić information content (AvgIpc) is 3.23. The summed E-state index contributed by atoms with van der Waals surface area (Å²) in [5.41, 5.74) is 1.45. The van der Waals surface area contributed by atoms with Gasteiger partial charge in [0.15, 0.2) is 0 Å². The molecule has 1 aromatic heterocycles. The summed E-state index contributed by atoms with van der Waals surface area (Å²) in [6.45, 7) is 6.37. The standard InChI is InChI=1S/C15H26N4O/c1-3-8-16-13-12(4-2)14(19-11-18-13)17-10-15(5-6-15)7-9-20/h11,20H,3-10H2,1-2H3,(H2,16,17,18,19). The zero-order chi connectivity index (χ0) is 14.4. The quantitative estimate of drug-likeness (QED) is 0.647. The van der Waals surface area contributed by atoms with Crippen LogP contribution in [0, 0.1) is 5.41 Å². The minimum absolute atomic E-state index is 0.273. The molecule has 0 aliphatic heterocycles. The molecule has 1 saturated carbocycles. The van der Waals surface area contributed by atoms with Gasteiger partial charge in [0, 0.05) is 25.3 Å². The van der Waals surface area contributed by atoms with Crippen LogP contribution < -0.4 is 10.6 Å². The van der Waals surface area contributed by atoms with Crippen molar-refractivity contribution in [1.29, 1.82) is 0 Å². The minimum Gasteiger partial charge on any atom is -0.396 e. The fraction of sp³-hybridized carbons (Fsp3) is 0.733. The van der Waals surface area contributed by atoms with E-state index in [0.29, 0.717) is 5.41 Å². The second-order valence-electron chi connectivity index (χ2n) is 5.66. The van der Waals surface area contributed by atoms with E-state index in [9.17, 15) is 0 Å². The molecule has 1 aliphatic carbocycles. The van der Waals surface area contributed by atoms with E-state index >= 15 is 0 Å². The van der Waals surface area contributed by atoms with Gasteiger partial charge in [0.05, 0.1) is 0 Å². The molecule has 1 fully saturated rings. The van der Waals surface area contributed by atoms with Crippen molar-refractivity contribution in [3.63, 3.8) is 0 Å². The van der Waals surface area contributed by atoms with Crippen molar-refractivity contribution in [2.24, 2.45) is 5.41 Å². The van der Waals surface area contributed by atoms with Crippen LogP contribution in [0.25, 0.3) is 0 Å². The molecular formula is C15H26N4O. The number of hydrogen-bond acceptors (Lipinski definition) is 5.